The fraction of sp³-hybridized carbons (Fsp3) is 0.677. The molecule has 9 saturated carbocycles. The van der Waals surface area contributed by atoms with Crippen molar-refractivity contribution in [1.82, 2.24) is 19.6 Å². The van der Waals surface area contributed by atoms with Gasteiger partial charge in [0, 0.05) is 37.3 Å². The molecule has 0 unspecified atom stereocenters. The molecule has 0 spiro atoms. The lowest BCUT2D eigenvalue weighted by Gasteiger charge is -2.56. The first-order valence-electron chi connectivity index (χ1n) is 43.6. The van der Waals surface area contributed by atoms with Crippen LogP contribution in [0, 0.1) is 17.8 Å². The first kappa shape index (κ1) is 87.5. The molecule has 0 aromatic heterocycles. The number of benzene rings is 4. The second kappa shape index (κ2) is 44.2. The van der Waals surface area contributed by atoms with Crippen molar-refractivity contribution in [2.24, 2.45) is 17.8 Å². The Morgan fingerprint density at radius 1 is 0.369 bits per heavy atom. The van der Waals surface area contributed by atoms with E-state index in [-0.39, 0.29) is 49.7 Å². The van der Waals surface area contributed by atoms with E-state index in [1.165, 1.54) is 161 Å². The minimum atomic E-state index is -0.763. The number of methoxy groups -OCH3 is 2. The number of rotatable bonds is 27. The molecule has 0 saturated heterocycles. The lowest BCUT2D eigenvalue weighted by atomic mass is 9.54. The summed E-state index contributed by atoms with van der Waals surface area (Å²) in [5.74, 6) is 3.93. The highest BCUT2D eigenvalue weighted by Crippen LogP contribution is 2.57. The molecule has 4 bridgehead atoms. The Labute approximate surface area is 666 Å². The molecular weight excluding hydrogens is 1400 g/mol. The number of amides is 6. The summed E-state index contributed by atoms with van der Waals surface area (Å²) in [7, 11) is 3.16. The number of carbonyl (C=O) groups is 6. The van der Waals surface area contributed by atoms with Crippen LogP contribution in [-0.2, 0) is 54.5 Å². The van der Waals surface area contributed by atoms with E-state index in [0.717, 1.165) is 88.3 Å². The number of hydrogen-bond donors (Lipinski definition) is 0. The topological polar surface area (TPSA) is 189 Å². The van der Waals surface area contributed by atoms with E-state index in [9.17, 15) is 28.8 Å². The summed E-state index contributed by atoms with van der Waals surface area (Å²) in [5.41, 5.74) is 2.25. The molecule has 0 atom stereocenters. The number of hydrogen-bond acceptors (Lipinski definition) is 14. The Hall–Kier alpha value is -7.50. The first-order valence-corrected chi connectivity index (χ1v) is 43.6. The van der Waals surface area contributed by atoms with Gasteiger partial charge in [0.25, 0.3) is 0 Å². The highest BCUT2D eigenvalue weighted by atomic mass is 16.6. The van der Waals surface area contributed by atoms with Crippen molar-refractivity contribution in [2.75, 3.05) is 27.3 Å². The molecule has 6 amide bonds. The van der Waals surface area contributed by atoms with Crippen LogP contribution in [0.2, 0.25) is 0 Å². The van der Waals surface area contributed by atoms with Crippen molar-refractivity contribution < 1.29 is 66.7 Å². The zero-order valence-electron chi connectivity index (χ0n) is 69.3. The third-order valence-electron chi connectivity index (χ3n) is 26.4. The van der Waals surface area contributed by atoms with Crippen LogP contribution in [0.25, 0.3) is 0 Å². The fourth-order valence-corrected chi connectivity index (χ4v) is 19.4. The normalized spacial score (nSPS) is 21.0. The highest BCUT2D eigenvalue weighted by Gasteiger charge is 2.54. The zero-order valence-corrected chi connectivity index (χ0v) is 69.3. The Bertz CT molecular complexity index is 3220. The monoisotopic (exact) mass is 1540 g/mol. The highest BCUT2D eigenvalue weighted by molar-refractivity contribution is 5.88. The second-order valence-corrected chi connectivity index (χ2v) is 33.4. The summed E-state index contributed by atoms with van der Waals surface area (Å²) in [6.07, 6.45) is 41.0. The molecule has 111 heavy (non-hydrogen) atoms. The lowest BCUT2D eigenvalue weighted by Crippen LogP contribution is -2.56. The fourth-order valence-electron chi connectivity index (χ4n) is 19.4. The van der Waals surface area contributed by atoms with Crippen LogP contribution in [0.1, 0.15) is 308 Å². The summed E-state index contributed by atoms with van der Waals surface area (Å²) in [6, 6.07) is 35.5. The average molecular weight is 1540 g/mol. The smallest absolute Gasteiger partial charge is 0.419 e. The lowest BCUT2D eigenvalue weighted by molar-refractivity contribution is -0.138. The van der Waals surface area contributed by atoms with E-state index in [1.807, 2.05) is 102 Å². The number of nitrogens with zero attached hydrogens (tertiary/aromatic N) is 4. The van der Waals surface area contributed by atoms with Crippen molar-refractivity contribution in [2.45, 2.75) is 359 Å². The maximum absolute atomic E-state index is 13.5. The molecule has 0 heterocycles. The van der Waals surface area contributed by atoms with Gasteiger partial charge >= 0.3 is 36.6 Å². The number of imide groups is 2. The molecule has 0 radical (unpaired) electrons. The van der Waals surface area contributed by atoms with Crippen LogP contribution in [0.3, 0.4) is 0 Å². The van der Waals surface area contributed by atoms with Gasteiger partial charge in [-0.1, -0.05) is 210 Å². The maximum atomic E-state index is 13.5. The molecule has 18 heteroatoms. The summed E-state index contributed by atoms with van der Waals surface area (Å²) < 4.78 is 45.5. The molecule has 18 nitrogen and oxygen atoms in total. The molecule has 0 aliphatic heterocycles. The first-order chi connectivity index (χ1) is 53.9. The van der Waals surface area contributed by atoms with E-state index in [1.54, 1.807) is 62.8 Å². The van der Waals surface area contributed by atoms with Gasteiger partial charge in [0.1, 0.15) is 47.1 Å². The maximum Gasteiger partial charge on any atom is 0.419 e. The molecule has 9 aliphatic carbocycles. The van der Waals surface area contributed by atoms with Crippen LogP contribution >= 0.6 is 0 Å². The number of carbonyl (C=O) groups excluding carboxylic acids is 6. The Balaban J connectivity index is 0.000000171. The van der Waals surface area contributed by atoms with Gasteiger partial charge in [0.15, 0.2) is 0 Å². The predicted molar refractivity (Wildman–Crippen MR) is 437 cm³/mol. The second-order valence-electron chi connectivity index (χ2n) is 33.4. The molecule has 4 aromatic rings. The van der Waals surface area contributed by atoms with Crippen LogP contribution in [0.4, 0.5) is 28.8 Å². The van der Waals surface area contributed by atoms with Crippen LogP contribution in [-0.4, -0.2) is 130 Å². The van der Waals surface area contributed by atoms with Crippen molar-refractivity contribution >= 4 is 36.6 Å². The summed E-state index contributed by atoms with van der Waals surface area (Å²) >= 11 is 0. The van der Waals surface area contributed by atoms with E-state index in [4.69, 9.17) is 37.9 Å². The Kier molecular flexibility index (Phi) is 34.9. The predicted octanol–water partition coefficient (Wildman–Crippen LogP) is 23.8. The molecule has 4 aromatic carbocycles. The molecule has 0 N–H and O–H groups in total. The van der Waals surface area contributed by atoms with Crippen LogP contribution < -0.4 is 9.47 Å². The van der Waals surface area contributed by atoms with Crippen LogP contribution in [0.15, 0.2) is 109 Å². The zero-order chi connectivity index (χ0) is 79.1. The van der Waals surface area contributed by atoms with Gasteiger partial charge in [0.05, 0.1) is 14.2 Å². The molecule has 9 fully saturated rings. The van der Waals surface area contributed by atoms with Crippen molar-refractivity contribution in [1.29, 1.82) is 0 Å². The van der Waals surface area contributed by atoms with E-state index >= 15 is 0 Å². The quantitative estimate of drug-likeness (QED) is 0.0513. The van der Waals surface area contributed by atoms with Gasteiger partial charge in [0.2, 0.25) is 0 Å². The summed E-state index contributed by atoms with van der Waals surface area (Å²) in [6.45, 7) is 14.6. The van der Waals surface area contributed by atoms with Crippen LogP contribution in [0.5, 0.6) is 11.5 Å². The molecule has 614 valence electrons. The SMILES string of the molecule is CCC(CC)(CC)OC(=O)N(CCc1ccccc1)C(=O)OC(CC)(CC)CC.CCC1(OC(=O)N(C2CCCCC2)C2CCCCC2)CCCC1.COc1ccc(COC(=O)N(CCc2ccccc2)C(=O)OCc2ccc(OC)cc2)cc1.O=C(OC12CC3CC(CC(C3)C1)C2)N(C1CCCCC1)C1CCCCC1. The third kappa shape index (κ3) is 25.5. The minimum Gasteiger partial charge on any atom is -0.497 e. The van der Waals surface area contributed by atoms with Gasteiger partial charge in [-0.25, -0.2) is 38.6 Å². The van der Waals surface area contributed by atoms with E-state index in [0.29, 0.717) is 87.0 Å². The van der Waals surface area contributed by atoms with Crippen molar-refractivity contribution in [3.63, 3.8) is 0 Å². The van der Waals surface area contributed by atoms with E-state index in [2.05, 4.69) is 16.7 Å². The number of ether oxygens (including phenoxy) is 8. The molecule has 13 rings (SSSR count). The molecular formula is C93H138N4O14. The van der Waals surface area contributed by atoms with Gasteiger partial charge in [-0.3, -0.25) is 0 Å². The minimum absolute atomic E-state index is 0.0209. The average Bonchev–Trinajstić information content (AvgIpc) is 1.29. The van der Waals surface area contributed by atoms with Gasteiger partial charge in [-0.2, -0.15) is 0 Å². The Morgan fingerprint density at radius 2 is 0.685 bits per heavy atom. The summed E-state index contributed by atoms with van der Waals surface area (Å²) in [5, 5.41) is 0. The summed E-state index contributed by atoms with van der Waals surface area (Å²) in [4.78, 5) is 84.9. The van der Waals surface area contributed by atoms with Gasteiger partial charge in [-0.05, 0) is 238 Å². The van der Waals surface area contributed by atoms with Crippen molar-refractivity contribution in [3.8, 4) is 11.5 Å². The van der Waals surface area contributed by atoms with Gasteiger partial charge in [-0.15, -0.1) is 0 Å². The van der Waals surface area contributed by atoms with Crippen molar-refractivity contribution in [3.05, 3.63) is 131 Å². The third-order valence-corrected chi connectivity index (χ3v) is 26.4. The Morgan fingerprint density at radius 3 is 0.991 bits per heavy atom. The van der Waals surface area contributed by atoms with E-state index < -0.39 is 35.6 Å². The molecule has 9 aliphatic rings. The largest absolute Gasteiger partial charge is 0.497 e. The standard InChI is InChI=1S/C26H27NO6.C24H39NO4.C23H37NO2.C20H35NO2/c1-30-23-12-8-21(9-13-23)18-32-25(28)27(17-16-20-6-4-3-5-7-20)26(29)33-19-22-10-14-24(31-2)15-11-22;1-7-23(8-2,9-3)28-21(26)25(19-18-20-16-14-13-15-17-20)22(27)29-24(10-4,11-5)12-6;25-22(26-23-14-17-11-18(15-23)13-19(12-17)16-23)24(20-7-3-1-4-8-20)21-9-5-2-6-10-21;1-2-20(15-9-10-16-20)23-19(22)21(17-11-5-3-6-12-17)18-13-7-4-8-14-18/h3-15H,16-19H2,1-2H3;13-17H,7-12,18-19H2,1-6H3;17-21H,1-16H2;17-18H,2-16H2,1H3. The van der Waals surface area contributed by atoms with Gasteiger partial charge < -0.3 is 47.7 Å².